The molecule has 1 aliphatic rings. The zero-order valence-electron chi connectivity index (χ0n) is 17.5. The maximum absolute atomic E-state index is 13.2. The zero-order chi connectivity index (χ0) is 22.4. The lowest BCUT2D eigenvalue weighted by Crippen LogP contribution is -2.23. The molecule has 0 saturated carbocycles. The molecule has 0 fully saturated rings. The van der Waals surface area contributed by atoms with Crippen LogP contribution in [0.5, 0.6) is 5.75 Å². The first-order valence-electron chi connectivity index (χ1n) is 10.1. The van der Waals surface area contributed by atoms with Gasteiger partial charge in [-0.1, -0.05) is 19.4 Å². The number of rotatable bonds is 9. The second-order valence-corrected chi connectivity index (χ2v) is 8.45. The molecular weight excluding hydrogens is 420 g/mol. The molecule has 2 amide bonds. The first kappa shape index (κ1) is 22.8. The summed E-state index contributed by atoms with van der Waals surface area (Å²) in [4.78, 5) is 37.2. The molecular formula is C22H26N2O6S. The number of carboxylic acids is 1. The summed E-state index contributed by atoms with van der Waals surface area (Å²) in [5.74, 6) is -0.768. The highest BCUT2D eigenvalue weighted by molar-refractivity contribution is 7.17. The summed E-state index contributed by atoms with van der Waals surface area (Å²) in [7, 11) is 1.56. The predicted octanol–water partition coefficient (Wildman–Crippen LogP) is 3.56. The molecule has 9 heteroatoms. The Bertz CT molecular complexity index is 971. The Morgan fingerprint density at radius 3 is 2.74 bits per heavy atom. The van der Waals surface area contributed by atoms with Gasteiger partial charge in [0.2, 0.25) is 0 Å². The van der Waals surface area contributed by atoms with Crippen LogP contribution in [0.4, 0.5) is 10.7 Å². The van der Waals surface area contributed by atoms with Gasteiger partial charge >= 0.3 is 5.97 Å². The molecule has 1 aromatic carbocycles. The largest absolute Gasteiger partial charge is 0.497 e. The van der Waals surface area contributed by atoms with Crippen molar-refractivity contribution in [3.05, 3.63) is 40.3 Å². The Labute approximate surface area is 184 Å². The highest BCUT2D eigenvalue weighted by atomic mass is 32.1. The van der Waals surface area contributed by atoms with Crippen LogP contribution in [0.15, 0.2) is 24.3 Å². The average molecular weight is 447 g/mol. The van der Waals surface area contributed by atoms with Gasteiger partial charge in [0, 0.05) is 16.6 Å². The summed E-state index contributed by atoms with van der Waals surface area (Å²) >= 11 is 1.41. The van der Waals surface area contributed by atoms with Gasteiger partial charge in [-0.05, 0) is 42.9 Å². The Kier molecular flexibility index (Phi) is 7.64. The molecule has 1 aliphatic carbocycles. The van der Waals surface area contributed by atoms with Crippen molar-refractivity contribution in [2.24, 2.45) is 5.92 Å². The average Bonchev–Trinajstić information content (AvgIpc) is 3.10. The third-order valence-electron chi connectivity index (χ3n) is 5.21. The van der Waals surface area contributed by atoms with E-state index in [0.717, 1.165) is 36.1 Å². The third kappa shape index (κ3) is 5.83. The molecule has 8 nitrogen and oxygen atoms in total. The normalized spacial score (nSPS) is 15.1. The predicted molar refractivity (Wildman–Crippen MR) is 118 cm³/mol. The Hall–Kier alpha value is -2.91. The summed E-state index contributed by atoms with van der Waals surface area (Å²) < 4.78 is 10.1. The minimum Gasteiger partial charge on any atom is -0.497 e. The number of hydrogen-bond donors (Lipinski definition) is 3. The highest BCUT2D eigenvalue weighted by Crippen LogP contribution is 2.40. The van der Waals surface area contributed by atoms with Crippen molar-refractivity contribution in [1.29, 1.82) is 0 Å². The Balaban J connectivity index is 1.84. The smallest absolute Gasteiger partial charge is 0.329 e. The summed E-state index contributed by atoms with van der Waals surface area (Å²) in [6.45, 7) is 1.20. The van der Waals surface area contributed by atoms with Gasteiger partial charge in [0.05, 0.1) is 12.7 Å². The molecule has 0 saturated heterocycles. The van der Waals surface area contributed by atoms with E-state index in [1.807, 2.05) is 0 Å². The van der Waals surface area contributed by atoms with E-state index >= 15 is 0 Å². The van der Waals surface area contributed by atoms with Gasteiger partial charge in [0.25, 0.3) is 11.8 Å². The monoisotopic (exact) mass is 446 g/mol. The molecule has 1 atom stereocenters. The van der Waals surface area contributed by atoms with Crippen molar-refractivity contribution in [2.45, 2.75) is 32.6 Å². The van der Waals surface area contributed by atoms with E-state index in [0.29, 0.717) is 27.9 Å². The number of carbonyl (C=O) groups excluding carboxylic acids is 2. The van der Waals surface area contributed by atoms with Crippen LogP contribution >= 0.6 is 11.3 Å². The van der Waals surface area contributed by atoms with Crippen LogP contribution in [0.25, 0.3) is 0 Å². The number of nitrogens with one attached hydrogen (secondary N) is 2. The summed E-state index contributed by atoms with van der Waals surface area (Å²) in [5, 5.41) is 14.7. The molecule has 31 heavy (non-hydrogen) atoms. The summed E-state index contributed by atoms with van der Waals surface area (Å²) in [6.07, 6.45) is 3.71. The van der Waals surface area contributed by atoms with Crippen LogP contribution in [-0.4, -0.2) is 43.2 Å². The third-order valence-corrected chi connectivity index (χ3v) is 6.38. The second-order valence-electron chi connectivity index (χ2n) is 7.35. The fraction of sp³-hybridized carbons (Fsp3) is 0.409. The molecule has 0 radical (unpaired) electrons. The van der Waals surface area contributed by atoms with Gasteiger partial charge < -0.3 is 25.2 Å². The van der Waals surface area contributed by atoms with Gasteiger partial charge in [0.15, 0.2) is 0 Å². The first-order chi connectivity index (χ1) is 14.9. The number of carbonyl (C=O) groups is 3. The number of aliphatic carboxylic acids is 1. The standard InChI is InChI=1S/C22H26N2O6S/c1-3-13-7-8-16-17(9-13)31-22(24-18(25)11-30-12-19(26)27)20(16)21(28)23-14-5-4-6-15(10-14)29-2/h4-6,10,13H,3,7-9,11-12H2,1-2H3,(H,23,28)(H,24,25)(H,26,27)/t13-/m1/s1. The van der Waals surface area contributed by atoms with Crippen LogP contribution in [0.1, 0.15) is 40.6 Å². The van der Waals surface area contributed by atoms with E-state index in [1.165, 1.54) is 11.3 Å². The fourth-order valence-corrected chi connectivity index (χ4v) is 4.99. The van der Waals surface area contributed by atoms with E-state index in [-0.39, 0.29) is 5.91 Å². The highest BCUT2D eigenvalue weighted by Gasteiger charge is 2.29. The van der Waals surface area contributed by atoms with Gasteiger partial charge in [0.1, 0.15) is 24.0 Å². The van der Waals surface area contributed by atoms with Gasteiger partial charge in [-0.3, -0.25) is 9.59 Å². The van der Waals surface area contributed by atoms with Crippen molar-refractivity contribution in [1.82, 2.24) is 0 Å². The van der Waals surface area contributed by atoms with E-state index < -0.39 is 25.1 Å². The molecule has 0 aliphatic heterocycles. The fourth-order valence-electron chi connectivity index (χ4n) is 3.62. The maximum Gasteiger partial charge on any atom is 0.329 e. The molecule has 1 aromatic heterocycles. The number of benzene rings is 1. The number of fused-ring (bicyclic) bond motifs is 1. The second kappa shape index (κ2) is 10.4. The van der Waals surface area contributed by atoms with Gasteiger partial charge in [-0.15, -0.1) is 11.3 Å². The minimum absolute atomic E-state index is 0.303. The van der Waals surface area contributed by atoms with Gasteiger partial charge in [-0.2, -0.15) is 0 Å². The lowest BCUT2D eigenvalue weighted by atomic mass is 9.85. The number of methoxy groups -OCH3 is 1. The summed E-state index contributed by atoms with van der Waals surface area (Å²) in [6, 6.07) is 7.06. The van der Waals surface area contributed by atoms with Crippen molar-refractivity contribution in [3.8, 4) is 5.75 Å². The summed E-state index contributed by atoms with van der Waals surface area (Å²) in [5.41, 5.74) is 2.02. The minimum atomic E-state index is -1.15. The maximum atomic E-state index is 13.2. The number of carboxylic acid groups (broad SMARTS) is 1. The topological polar surface area (TPSA) is 114 Å². The van der Waals surface area contributed by atoms with E-state index in [9.17, 15) is 14.4 Å². The number of amides is 2. The van der Waals surface area contributed by atoms with Crippen molar-refractivity contribution in [3.63, 3.8) is 0 Å². The van der Waals surface area contributed by atoms with E-state index in [2.05, 4.69) is 17.6 Å². The zero-order valence-corrected chi connectivity index (χ0v) is 18.3. The van der Waals surface area contributed by atoms with Crippen LogP contribution in [-0.2, 0) is 27.2 Å². The van der Waals surface area contributed by atoms with Crippen LogP contribution in [0, 0.1) is 5.92 Å². The molecule has 0 unspecified atom stereocenters. The molecule has 0 bridgehead atoms. The number of thiophene rings is 1. The van der Waals surface area contributed by atoms with Crippen molar-refractivity contribution < 1.29 is 29.0 Å². The first-order valence-corrected chi connectivity index (χ1v) is 10.9. The Morgan fingerprint density at radius 1 is 1.23 bits per heavy atom. The Morgan fingerprint density at radius 2 is 2.03 bits per heavy atom. The molecule has 1 heterocycles. The molecule has 2 aromatic rings. The lowest BCUT2D eigenvalue weighted by Gasteiger charge is -2.21. The number of ether oxygens (including phenoxy) is 2. The SMILES string of the molecule is CC[C@@H]1CCc2c(sc(NC(=O)COCC(=O)O)c2C(=O)Nc2cccc(OC)c2)C1. The van der Waals surface area contributed by atoms with Crippen molar-refractivity contribution in [2.75, 3.05) is 31.0 Å². The van der Waals surface area contributed by atoms with E-state index in [1.54, 1.807) is 31.4 Å². The van der Waals surface area contributed by atoms with Crippen LogP contribution < -0.4 is 15.4 Å². The van der Waals surface area contributed by atoms with Crippen molar-refractivity contribution >= 4 is 39.8 Å². The molecule has 3 N–H and O–H groups in total. The van der Waals surface area contributed by atoms with Gasteiger partial charge in [-0.25, -0.2) is 4.79 Å². The number of anilines is 2. The quantitative estimate of drug-likeness (QED) is 0.543. The molecule has 3 rings (SSSR count). The molecule has 166 valence electrons. The van der Waals surface area contributed by atoms with Crippen LogP contribution in [0.2, 0.25) is 0 Å². The molecule has 0 spiro atoms. The van der Waals surface area contributed by atoms with Crippen LogP contribution in [0.3, 0.4) is 0 Å². The van der Waals surface area contributed by atoms with E-state index in [4.69, 9.17) is 14.6 Å². The lowest BCUT2D eigenvalue weighted by molar-refractivity contribution is -0.143. The number of hydrogen-bond acceptors (Lipinski definition) is 6.